The standard InChI is InChI=1S/C21H19N3O3/c22-11-14-4-5-16-12-23(8-6-15(16)9-14)13-17-10-18(21(26)27)20(25)24-7-2-1-3-19(17)24/h1-5,7,10,14H,6,8-9,12-13H2,(H,26,27). The Kier molecular flexibility index (Phi) is 4.38. The number of hydrogen-bond donors (Lipinski definition) is 1. The van der Waals surface area contributed by atoms with E-state index in [0.717, 1.165) is 37.0 Å². The van der Waals surface area contributed by atoms with Gasteiger partial charge in [0.1, 0.15) is 5.56 Å². The molecule has 6 heteroatoms. The zero-order valence-electron chi connectivity index (χ0n) is 14.8. The molecule has 1 aliphatic heterocycles. The molecule has 3 heterocycles. The maximum absolute atomic E-state index is 12.4. The number of fused-ring (bicyclic) bond motifs is 1. The number of rotatable bonds is 3. The fraction of sp³-hybridized carbons (Fsp3) is 0.286. The average Bonchev–Trinajstić information content (AvgIpc) is 2.69. The number of carboxylic acids is 1. The van der Waals surface area contributed by atoms with Gasteiger partial charge in [0.2, 0.25) is 0 Å². The zero-order chi connectivity index (χ0) is 19.0. The van der Waals surface area contributed by atoms with Crippen LogP contribution in [0.3, 0.4) is 0 Å². The van der Waals surface area contributed by atoms with Gasteiger partial charge in [0.25, 0.3) is 5.56 Å². The smallest absolute Gasteiger partial charge is 0.341 e. The van der Waals surface area contributed by atoms with E-state index in [0.29, 0.717) is 6.54 Å². The van der Waals surface area contributed by atoms with Crippen molar-refractivity contribution in [1.29, 1.82) is 5.26 Å². The third kappa shape index (κ3) is 3.18. The molecule has 1 aliphatic carbocycles. The highest BCUT2D eigenvalue weighted by molar-refractivity contribution is 5.88. The summed E-state index contributed by atoms with van der Waals surface area (Å²) in [7, 11) is 0. The van der Waals surface area contributed by atoms with E-state index in [4.69, 9.17) is 5.26 Å². The lowest BCUT2D eigenvalue weighted by molar-refractivity contribution is 0.0694. The molecule has 1 atom stereocenters. The lowest BCUT2D eigenvalue weighted by atomic mass is 9.86. The van der Waals surface area contributed by atoms with Crippen LogP contribution in [0.1, 0.15) is 28.8 Å². The molecule has 0 saturated carbocycles. The number of aromatic nitrogens is 1. The summed E-state index contributed by atoms with van der Waals surface area (Å²) in [5.41, 5.74) is 3.44. The van der Waals surface area contributed by atoms with Gasteiger partial charge in [-0.25, -0.2) is 4.79 Å². The SMILES string of the molecule is N#CC1C=CC2=C(CCN(Cc3cc(C(=O)O)c(=O)n4ccccc34)C2)C1. The van der Waals surface area contributed by atoms with Gasteiger partial charge in [-0.15, -0.1) is 0 Å². The predicted octanol–water partition coefficient (Wildman–Crippen LogP) is 2.60. The monoisotopic (exact) mass is 361 g/mol. The Bertz CT molecular complexity index is 1090. The molecule has 2 aromatic rings. The quantitative estimate of drug-likeness (QED) is 0.908. The number of hydrogen-bond acceptors (Lipinski definition) is 4. The second-order valence-electron chi connectivity index (χ2n) is 7.04. The van der Waals surface area contributed by atoms with E-state index in [1.54, 1.807) is 12.3 Å². The molecule has 136 valence electrons. The van der Waals surface area contributed by atoms with Crippen molar-refractivity contribution in [2.24, 2.45) is 5.92 Å². The van der Waals surface area contributed by atoms with Gasteiger partial charge in [0, 0.05) is 25.8 Å². The van der Waals surface area contributed by atoms with E-state index < -0.39 is 11.5 Å². The van der Waals surface area contributed by atoms with Crippen molar-refractivity contribution in [1.82, 2.24) is 9.30 Å². The molecule has 1 N–H and O–H groups in total. The highest BCUT2D eigenvalue weighted by Crippen LogP contribution is 2.30. The topological polar surface area (TPSA) is 85.8 Å². The van der Waals surface area contributed by atoms with E-state index in [9.17, 15) is 14.7 Å². The van der Waals surface area contributed by atoms with Crippen molar-refractivity contribution in [3.63, 3.8) is 0 Å². The van der Waals surface area contributed by atoms with Crippen molar-refractivity contribution < 1.29 is 9.90 Å². The minimum atomic E-state index is -1.21. The first-order chi connectivity index (χ1) is 13.1. The molecular formula is C21H19N3O3. The van der Waals surface area contributed by atoms with Crippen LogP contribution in [-0.2, 0) is 6.54 Å². The van der Waals surface area contributed by atoms with Gasteiger partial charge in [-0.1, -0.05) is 23.8 Å². The Morgan fingerprint density at radius 2 is 2.22 bits per heavy atom. The molecule has 0 fully saturated rings. The molecule has 6 nitrogen and oxygen atoms in total. The summed E-state index contributed by atoms with van der Waals surface area (Å²) in [6.07, 6.45) is 7.34. The summed E-state index contributed by atoms with van der Waals surface area (Å²) in [5, 5.41) is 18.5. The van der Waals surface area contributed by atoms with Gasteiger partial charge in [-0.3, -0.25) is 14.1 Å². The van der Waals surface area contributed by atoms with Crippen LogP contribution in [0.2, 0.25) is 0 Å². The Labute approximate surface area is 156 Å². The molecule has 0 amide bonds. The van der Waals surface area contributed by atoms with Crippen molar-refractivity contribution in [3.05, 3.63) is 75.2 Å². The number of pyridine rings is 2. The first kappa shape index (κ1) is 17.3. The second-order valence-corrected chi connectivity index (χ2v) is 7.04. The van der Waals surface area contributed by atoms with Gasteiger partial charge in [0.15, 0.2) is 0 Å². The largest absolute Gasteiger partial charge is 0.477 e. The van der Waals surface area contributed by atoms with Crippen molar-refractivity contribution in [2.45, 2.75) is 19.4 Å². The fourth-order valence-electron chi connectivity index (χ4n) is 3.92. The highest BCUT2D eigenvalue weighted by atomic mass is 16.4. The zero-order valence-corrected chi connectivity index (χ0v) is 14.8. The summed E-state index contributed by atoms with van der Waals surface area (Å²) in [6.45, 7) is 2.19. The van der Waals surface area contributed by atoms with Gasteiger partial charge in [-0.2, -0.15) is 5.26 Å². The Morgan fingerprint density at radius 3 is 3.00 bits per heavy atom. The van der Waals surface area contributed by atoms with Gasteiger partial charge in [-0.05, 0) is 42.2 Å². The van der Waals surface area contributed by atoms with Gasteiger partial charge in [0.05, 0.1) is 17.5 Å². The van der Waals surface area contributed by atoms with Crippen LogP contribution in [0.25, 0.3) is 5.52 Å². The predicted molar refractivity (Wildman–Crippen MR) is 100 cm³/mol. The molecule has 0 spiro atoms. The highest BCUT2D eigenvalue weighted by Gasteiger charge is 2.24. The van der Waals surface area contributed by atoms with E-state index in [2.05, 4.69) is 17.0 Å². The number of nitriles is 1. The van der Waals surface area contributed by atoms with Crippen LogP contribution in [0.15, 0.2) is 58.6 Å². The second kappa shape index (κ2) is 6.86. The normalized spacial score (nSPS) is 19.7. The number of carbonyl (C=O) groups is 1. The number of nitrogens with zero attached hydrogens (tertiary/aromatic N) is 3. The molecule has 4 rings (SSSR count). The molecule has 27 heavy (non-hydrogen) atoms. The first-order valence-electron chi connectivity index (χ1n) is 8.94. The summed E-state index contributed by atoms with van der Waals surface area (Å²) in [6, 6.07) is 9.23. The van der Waals surface area contributed by atoms with E-state index in [1.165, 1.54) is 21.6 Å². The molecule has 2 aliphatic rings. The third-order valence-electron chi connectivity index (χ3n) is 5.32. The van der Waals surface area contributed by atoms with Crippen molar-refractivity contribution >= 4 is 11.5 Å². The van der Waals surface area contributed by atoms with Crippen molar-refractivity contribution in [2.75, 3.05) is 13.1 Å². The maximum Gasteiger partial charge on any atom is 0.341 e. The van der Waals surface area contributed by atoms with E-state index >= 15 is 0 Å². The van der Waals surface area contributed by atoms with Gasteiger partial charge >= 0.3 is 5.97 Å². The average molecular weight is 361 g/mol. The Hall–Kier alpha value is -3.17. The Morgan fingerprint density at radius 1 is 1.37 bits per heavy atom. The summed E-state index contributed by atoms with van der Waals surface area (Å²) in [5.74, 6) is -1.24. The van der Waals surface area contributed by atoms with Crippen LogP contribution in [-0.4, -0.2) is 33.5 Å². The van der Waals surface area contributed by atoms with Crippen LogP contribution in [0.5, 0.6) is 0 Å². The van der Waals surface area contributed by atoms with Crippen LogP contribution < -0.4 is 5.56 Å². The minimum absolute atomic E-state index is 0.0293. The number of allylic oxidation sites excluding steroid dienone is 1. The van der Waals surface area contributed by atoms with Crippen molar-refractivity contribution in [3.8, 4) is 6.07 Å². The van der Waals surface area contributed by atoms with E-state index in [1.807, 2.05) is 18.2 Å². The molecular weight excluding hydrogens is 342 g/mol. The first-order valence-corrected chi connectivity index (χ1v) is 8.94. The number of aromatic carboxylic acids is 1. The summed E-state index contributed by atoms with van der Waals surface area (Å²) < 4.78 is 1.41. The molecule has 2 aromatic heterocycles. The maximum atomic E-state index is 12.4. The molecule has 0 bridgehead atoms. The van der Waals surface area contributed by atoms with Crippen LogP contribution >= 0.6 is 0 Å². The van der Waals surface area contributed by atoms with E-state index in [-0.39, 0.29) is 11.5 Å². The lowest BCUT2D eigenvalue weighted by Gasteiger charge is -2.32. The molecule has 0 saturated heterocycles. The van der Waals surface area contributed by atoms with Gasteiger partial charge < -0.3 is 5.11 Å². The fourth-order valence-corrected chi connectivity index (χ4v) is 3.92. The Balaban J connectivity index is 1.65. The third-order valence-corrected chi connectivity index (χ3v) is 5.32. The molecule has 0 aromatic carbocycles. The van der Waals surface area contributed by atoms with Crippen LogP contribution in [0.4, 0.5) is 0 Å². The lowest BCUT2D eigenvalue weighted by Crippen LogP contribution is -2.33. The summed E-state index contributed by atoms with van der Waals surface area (Å²) >= 11 is 0. The minimum Gasteiger partial charge on any atom is -0.477 e. The van der Waals surface area contributed by atoms with Crippen LogP contribution in [0, 0.1) is 17.2 Å². The molecule has 0 radical (unpaired) electrons. The molecule has 1 unspecified atom stereocenters. The number of carboxylic acid groups (broad SMARTS) is 1. The summed E-state index contributed by atoms with van der Waals surface area (Å²) in [4.78, 5) is 26.1.